The molecule has 3 aromatic carbocycles. The lowest BCUT2D eigenvalue weighted by Gasteiger charge is -2.12. The number of anilines is 1. The van der Waals surface area contributed by atoms with Crippen molar-refractivity contribution in [2.45, 2.75) is 158 Å². The van der Waals surface area contributed by atoms with Crippen LogP contribution in [0, 0.1) is 5.82 Å². The van der Waals surface area contributed by atoms with E-state index in [1.54, 1.807) is 6.07 Å². The highest BCUT2D eigenvalue weighted by molar-refractivity contribution is 5.47. The zero-order valence-electron chi connectivity index (χ0n) is 34.9. The van der Waals surface area contributed by atoms with Crippen molar-refractivity contribution in [3.8, 4) is 5.75 Å². The maximum absolute atomic E-state index is 13.5. The second-order valence-corrected chi connectivity index (χ2v) is 15.9. The Morgan fingerprint density at radius 2 is 0.863 bits per heavy atom. The van der Waals surface area contributed by atoms with Crippen LogP contribution in [0.25, 0.3) is 0 Å². The molecule has 0 amide bonds. The third-order valence-corrected chi connectivity index (χ3v) is 8.36. The van der Waals surface area contributed by atoms with Crippen molar-refractivity contribution < 1.29 is 9.13 Å². The number of nitrogens with one attached hydrogen (secondary N) is 1. The molecule has 0 spiro atoms. The van der Waals surface area contributed by atoms with Gasteiger partial charge in [-0.2, -0.15) is 0 Å². The lowest BCUT2D eigenvalue weighted by Crippen LogP contribution is -2.11. The second-order valence-electron chi connectivity index (χ2n) is 15.9. The van der Waals surface area contributed by atoms with Crippen LogP contribution in [-0.2, 0) is 0 Å². The molecule has 0 atom stereocenters. The van der Waals surface area contributed by atoms with Crippen LogP contribution in [0.5, 0.6) is 5.75 Å². The SMILES string of the molecule is CC(C)Nc1ccc(C(C)C)cc1F.CC(C)Oc1ccc(C(C)C)cc1.CC(C)c1ccc(C(C)C)cc1.CC(C)c1ccc(C(C)C)nc1. The number of pyridine rings is 1. The van der Waals surface area contributed by atoms with Gasteiger partial charge in [-0.3, -0.25) is 4.98 Å². The number of nitrogens with zero attached hydrogens (tertiary/aromatic N) is 1. The smallest absolute Gasteiger partial charge is 0.146 e. The van der Waals surface area contributed by atoms with Crippen LogP contribution in [0.3, 0.4) is 0 Å². The van der Waals surface area contributed by atoms with Crippen LogP contribution >= 0.6 is 0 Å². The highest BCUT2D eigenvalue weighted by Crippen LogP contribution is 2.23. The van der Waals surface area contributed by atoms with Crippen molar-refractivity contribution in [2.75, 3.05) is 5.32 Å². The first kappa shape index (κ1) is 45.4. The number of hydrogen-bond acceptors (Lipinski definition) is 3. The van der Waals surface area contributed by atoms with Crippen molar-refractivity contribution in [1.82, 2.24) is 4.98 Å². The average molecular weight is 699 g/mol. The van der Waals surface area contributed by atoms with Gasteiger partial charge in [0.05, 0.1) is 11.8 Å². The van der Waals surface area contributed by atoms with E-state index in [0.717, 1.165) is 11.3 Å². The number of halogens is 1. The fraction of sp³-hybridized carbons (Fsp3) is 0.511. The number of aromatic nitrogens is 1. The Morgan fingerprint density at radius 3 is 1.18 bits per heavy atom. The molecule has 0 saturated heterocycles. The van der Waals surface area contributed by atoms with Crippen LogP contribution in [0.1, 0.15) is 180 Å². The van der Waals surface area contributed by atoms with Gasteiger partial charge in [0, 0.05) is 17.9 Å². The predicted octanol–water partition coefficient (Wildman–Crippen LogP) is 14.6. The minimum absolute atomic E-state index is 0.162. The Hall–Kier alpha value is -3.66. The summed E-state index contributed by atoms with van der Waals surface area (Å²) < 4.78 is 19.1. The largest absolute Gasteiger partial charge is 0.491 e. The Kier molecular flexibility index (Phi) is 20.5. The van der Waals surface area contributed by atoms with Gasteiger partial charge in [0.1, 0.15) is 11.6 Å². The zero-order valence-corrected chi connectivity index (χ0v) is 34.9. The highest BCUT2D eigenvalue weighted by Gasteiger charge is 2.07. The molecule has 0 bridgehead atoms. The quantitative estimate of drug-likeness (QED) is 0.179. The van der Waals surface area contributed by atoms with E-state index in [1.165, 1.54) is 27.9 Å². The summed E-state index contributed by atoms with van der Waals surface area (Å²) >= 11 is 0. The van der Waals surface area contributed by atoms with Gasteiger partial charge in [-0.25, -0.2) is 4.39 Å². The summed E-state index contributed by atoms with van der Waals surface area (Å²) in [6.07, 6.45) is 2.24. The third kappa shape index (κ3) is 17.9. The molecule has 0 fully saturated rings. The van der Waals surface area contributed by atoms with Gasteiger partial charge < -0.3 is 10.1 Å². The molecule has 3 nitrogen and oxygen atoms in total. The monoisotopic (exact) mass is 699 g/mol. The van der Waals surface area contributed by atoms with E-state index >= 15 is 0 Å². The molecule has 4 heteroatoms. The Bertz CT molecular complexity index is 1370. The summed E-state index contributed by atoms with van der Waals surface area (Å²) in [5, 5.41) is 3.06. The number of hydrogen-bond donors (Lipinski definition) is 1. The van der Waals surface area contributed by atoms with Gasteiger partial charge in [-0.1, -0.05) is 132 Å². The first-order valence-corrected chi connectivity index (χ1v) is 19.2. The van der Waals surface area contributed by atoms with Crippen molar-refractivity contribution in [2.24, 2.45) is 0 Å². The summed E-state index contributed by atoms with van der Waals surface area (Å²) in [5.41, 5.74) is 8.34. The van der Waals surface area contributed by atoms with Gasteiger partial charge >= 0.3 is 0 Å². The molecular weight excluding hydrogens is 628 g/mol. The van der Waals surface area contributed by atoms with Gasteiger partial charge in [0.25, 0.3) is 0 Å². The molecule has 0 unspecified atom stereocenters. The maximum atomic E-state index is 13.5. The number of benzene rings is 3. The van der Waals surface area contributed by atoms with E-state index in [0.29, 0.717) is 41.2 Å². The first-order chi connectivity index (χ1) is 23.8. The molecule has 51 heavy (non-hydrogen) atoms. The standard InChI is InChI=1S/C12H18FN.C12H18O.C12H18.C11H17N/c1-8(2)10-5-6-12(11(13)7-10)14-9(3)4;1-9(2)11-5-7-12(8-6-11)13-10(3)4;1-9(2)11-5-7-12(8-6-11)10(3)4;1-8(2)10-5-6-11(9(3)4)12-7-10/h5-9,14H,1-4H3;5-10H,1-4H3;5-10H,1-4H3;5-9H,1-4H3. The topological polar surface area (TPSA) is 34.1 Å². The molecule has 0 aliphatic heterocycles. The first-order valence-electron chi connectivity index (χ1n) is 19.2. The summed E-state index contributed by atoms with van der Waals surface area (Å²) in [5.74, 6) is 4.16. The molecule has 4 rings (SSSR count). The van der Waals surface area contributed by atoms with Gasteiger partial charge in [-0.05, 0) is 121 Å². The number of rotatable bonds is 10. The average Bonchev–Trinajstić information content (AvgIpc) is 3.06. The molecule has 0 aliphatic rings. The fourth-order valence-corrected chi connectivity index (χ4v) is 4.89. The van der Waals surface area contributed by atoms with Crippen molar-refractivity contribution in [3.63, 3.8) is 0 Å². The van der Waals surface area contributed by atoms with Crippen LogP contribution in [0.4, 0.5) is 10.1 Å². The van der Waals surface area contributed by atoms with E-state index in [-0.39, 0.29) is 18.0 Å². The van der Waals surface area contributed by atoms with E-state index in [4.69, 9.17) is 4.74 Å². The van der Waals surface area contributed by atoms with Crippen LogP contribution in [-0.4, -0.2) is 17.1 Å². The minimum atomic E-state index is -0.162. The molecule has 1 N–H and O–H groups in total. The number of ether oxygens (including phenoxy) is 1. The van der Waals surface area contributed by atoms with Crippen LogP contribution < -0.4 is 10.1 Å². The third-order valence-electron chi connectivity index (χ3n) is 8.36. The zero-order chi connectivity index (χ0) is 38.8. The van der Waals surface area contributed by atoms with Gasteiger partial charge in [0.2, 0.25) is 0 Å². The van der Waals surface area contributed by atoms with E-state index in [9.17, 15) is 4.39 Å². The predicted molar refractivity (Wildman–Crippen MR) is 223 cm³/mol. The molecule has 282 valence electrons. The van der Waals surface area contributed by atoms with Crippen molar-refractivity contribution in [3.05, 3.63) is 124 Å². The Labute approximate surface area is 312 Å². The van der Waals surface area contributed by atoms with Crippen LogP contribution in [0.2, 0.25) is 0 Å². The lowest BCUT2D eigenvalue weighted by molar-refractivity contribution is 0.242. The molecule has 0 radical (unpaired) electrons. The second kappa shape index (κ2) is 23.0. The van der Waals surface area contributed by atoms with E-state index in [1.807, 2.05) is 58.2 Å². The summed E-state index contributed by atoms with van der Waals surface area (Å²) in [6.45, 7) is 34.2. The van der Waals surface area contributed by atoms with Crippen molar-refractivity contribution in [1.29, 1.82) is 0 Å². The lowest BCUT2D eigenvalue weighted by atomic mass is 9.97. The Balaban J connectivity index is 0.000000341. The molecule has 1 heterocycles. The van der Waals surface area contributed by atoms with Gasteiger partial charge in [-0.15, -0.1) is 0 Å². The molecular formula is C47H71FN2O. The summed E-state index contributed by atoms with van der Waals surface area (Å²) in [4.78, 5) is 4.40. The van der Waals surface area contributed by atoms with E-state index in [2.05, 4.69) is 142 Å². The fourth-order valence-electron chi connectivity index (χ4n) is 4.89. The molecule has 1 aromatic heterocycles. The van der Waals surface area contributed by atoms with E-state index < -0.39 is 0 Å². The molecule has 0 aliphatic carbocycles. The molecule has 0 saturated carbocycles. The maximum Gasteiger partial charge on any atom is 0.146 e. The Morgan fingerprint density at radius 1 is 0.471 bits per heavy atom. The summed E-state index contributed by atoms with van der Waals surface area (Å²) in [6, 6.07) is 27.2. The van der Waals surface area contributed by atoms with Gasteiger partial charge in [0.15, 0.2) is 0 Å². The summed E-state index contributed by atoms with van der Waals surface area (Å²) in [7, 11) is 0. The minimum Gasteiger partial charge on any atom is -0.491 e. The molecule has 4 aromatic rings. The van der Waals surface area contributed by atoms with Crippen LogP contribution in [0.15, 0.2) is 85.1 Å². The highest BCUT2D eigenvalue weighted by atomic mass is 19.1. The normalized spacial score (nSPS) is 11.1. The van der Waals surface area contributed by atoms with Crippen molar-refractivity contribution >= 4 is 5.69 Å².